The Morgan fingerprint density at radius 1 is 1.25 bits per heavy atom. The molecule has 1 fully saturated rings. The normalized spacial score (nSPS) is 14.6. The van der Waals surface area contributed by atoms with Crippen LogP contribution < -0.4 is 10.6 Å². The van der Waals surface area contributed by atoms with Gasteiger partial charge in [0.1, 0.15) is 0 Å². The first kappa shape index (κ1) is 21.6. The van der Waals surface area contributed by atoms with Crippen LogP contribution in [0.15, 0.2) is 36.4 Å². The Balaban J connectivity index is 1.91. The van der Waals surface area contributed by atoms with Crippen LogP contribution in [0.2, 0.25) is 0 Å². The van der Waals surface area contributed by atoms with Gasteiger partial charge in [-0.1, -0.05) is 13.0 Å². The molecular weight excluding hydrogens is 378 g/mol. The molecule has 0 saturated carbocycles. The maximum absolute atomic E-state index is 12.7. The predicted octanol–water partition coefficient (Wildman–Crippen LogP) is 2.49. The van der Waals surface area contributed by atoms with Gasteiger partial charge < -0.3 is 15.0 Å². The van der Waals surface area contributed by atoms with Gasteiger partial charge in [0.25, 0.3) is 5.91 Å². The Morgan fingerprint density at radius 3 is 2.64 bits per heavy atom. The van der Waals surface area contributed by atoms with E-state index in [-0.39, 0.29) is 17.6 Å². The molecule has 1 aliphatic rings. The number of nitrogens with zero attached hydrogens (tertiary/aromatic N) is 1. The SMILES string of the molecule is CCOC(=O)/C=C/C(=O)NC(=S)Nc1cccc(C(=O)N2CCC(C)CC2)c1. The first-order chi connectivity index (χ1) is 13.4. The van der Waals surface area contributed by atoms with Gasteiger partial charge in [-0.2, -0.15) is 0 Å². The molecule has 0 spiro atoms. The van der Waals surface area contributed by atoms with E-state index >= 15 is 0 Å². The van der Waals surface area contributed by atoms with Gasteiger partial charge in [0.15, 0.2) is 5.11 Å². The van der Waals surface area contributed by atoms with Gasteiger partial charge in [0, 0.05) is 36.5 Å². The van der Waals surface area contributed by atoms with Crippen LogP contribution in [0.1, 0.15) is 37.0 Å². The van der Waals surface area contributed by atoms with E-state index in [4.69, 9.17) is 17.0 Å². The molecule has 1 aromatic rings. The molecule has 2 N–H and O–H groups in total. The third-order valence-corrected chi connectivity index (χ3v) is 4.54. The number of likely N-dealkylation sites (tertiary alicyclic amines) is 1. The van der Waals surface area contributed by atoms with Crippen LogP contribution in [0.5, 0.6) is 0 Å². The molecule has 1 saturated heterocycles. The van der Waals surface area contributed by atoms with Crippen LogP contribution >= 0.6 is 12.2 Å². The zero-order valence-electron chi connectivity index (χ0n) is 16.1. The van der Waals surface area contributed by atoms with Gasteiger partial charge in [-0.15, -0.1) is 0 Å². The molecule has 0 atom stereocenters. The number of piperidine rings is 1. The van der Waals surface area contributed by atoms with Crippen LogP contribution in [0.25, 0.3) is 0 Å². The van der Waals surface area contributed by atoms with Crippen molar-refractivity contribution in [2.24, 2.45) is 5.92 Å². The summed E-state index contributed by atoms with van der Waals surface area (Å²) in [5, 5.41) is 5.37. The van der Waals surface area contributed by atoms with E-state index in [1.165, 1.54) is 0 Å². The van der Waals surface area contributed by atoms with Crippen molar-refractivity contribution >= 4 is 40.8 Å². The van der Waals surface area contributed by atoms with E-state index in [0.717, 1.165) is 38.1 Å². The minimum absolute atomic E-state index is 0.0112. The van der Waals surface area contributed by atoms with Crippen molar-refractivity contribution in [1.29, 1.82) is 0 Å². The van der Waals surface area contributed by atoms with Gasteiger partial charge in [-0.25, -0.2) is 4.79 Å². The molecule has 1 aromatic carbocycles. The number of nitrogens with one attached hydrogen (secondary N) is 2. The molecule has 7 nitrogen and oxygen atoms in total. The number of ether oxygens (including phenoxy) is 1. The molecule has 150 valence electrons. The lowest BCUT2D eigenvalue weighted by molar-refractivity contribution is -0.137. The summed E-state index contributed by atoms with van der Waals surface area (Å²) < 4.78 is 4.69. The van der Waals surface area contributed by atoms with Crippen molar-refractivity contribution in [3.05, 3.63) is 42.0 Å². The van der Waals surface area contributed by atoms with Crippen molar-refractivity contribution in [3.63, 3.8) is 0 Å². The number of rotatable bonds is 5. The molecule has 1 heterocycles. The highest BCUT2D eigenvalue weighted by molar-refractivity contribution is 7.80. The number of hydrogen-bond donors (Lipinski definition) is 2. The zero-order valence-corrected chi connectivity index (χ0v) is 16.9. The average Bonchev–Trinajstić information content (AvgIpc) is 2.67. The fraction of sp³-hybridized carbons (Fsp3) is 0.400. The highest BCUT2D eigenvalue weighted by Gasteiger charge is 2.21. The van der Waals surface area contributed by atoms with E-state index in [1.54, 1.807) is 31.2 Å². The largest absolute Gasteiger partial charge is 0.463 e. The predicted molar refractivity (Wildman–Crippen MR) is 111 cm³/mol. The van der Waals surface area contributed by atoms with Crippen LogP contribution in [-0.2, 0) is 14.3 Å². The maximum atomic E-state index is 12.7. The fourth-order valence-corrected chi connectivity index (χ4v) is 2.99. The van der Waals surface area contributed by atoms with Gasteiger partial charge in [-0.3, -0.25) is 14.9 Å². The standard InChI is InChI=1S/C20H25N3O4S/c1-3-27-18(25)8-7-17(24)22-20(28)21-16-6-4-5-15(13-16)19(26)23-11-9-14(2)10-12-23/h4-8,13-14H,3,9-12H2,1-2H3,(H2,21,22,24,28)/b8-7+. The van der Waals surface area contributed by atoms with E-state index < -0.39 is 11.9 Å². The molecule has 2 rings (SSSR count). The highest BCUT2D eigenvalue weighted by Crippen LogP contribution is 2.19. The van der Waals surface area contributed by atoms with Gasteiger partial charge >= 0.3 is 5.97 Å². The first-order valence-electron chi connectivity index (χ1n) is 9.25. The summed E-state index contributed by atoms with van der Waals surface area (Å²) in [6, 6.07) is 6.97. The summed E-state index contributed by atoms with van der Waals surface area (Å²) in [6.07, 6.45) is 4.10. The van der Waals surface area contributed by atoms with Crippen LogP contribution in [0, 0.1) is 5.92 Å². The second-order valence-corrected chi connectivity index (χ2v) is 6.99. The van der Waals surface area contributed by atoms with Crippen molar-refractivity contribution in [2.75, 3.05) is 25.0 Å². The lowest BCUT2D eigenvalue weighted by atomic mass is 9.98. The molecule has 0 unspecified atom stereocenters. The third kappa shape index (κ3) is 6.77. The number of carbonyl (C=O) groups excluding carboxylic acids is 3. The van der Waals surface area contributed by atoms with Crippen molar-refractivity contribution in [1.82, 2.24) is 10.2 Å². The van der Waals surface area contributed by atoms with Crippen molar-refractivity contribution in [2.45, 2.75) is 26.7 Å². The molecule has 1 aliphatic heterocycles. The highest BCUT2D eigenvalue weighted by atomic mass is 32.1. The number of carbonyl (C=O) groups is 3. The quantitative estimate of drug-likeness (QED) is 0.446. The van der Waals surface area contributed by atoms with Crippen LogP contribution in [-0.4, -0.2) is 47.5 Å². The van der Waals surface area contributed by atoms with E-state index in [1.807, 2.05) is 4.90 Å². The van der Waals surface area contributed by atoms with Crippen molar-refractivity contribution < 1.29 is 19.1 Å². The van der Waals surface area contributed by atoms with Gasteiger partial charge in [0.2, 0.25) is 5.91 Å². The number of benzene rings is 1. The first-order valence-corrected chi connectivity index (χ1v) is 9.66. The molecule has 28 heavy (non-hydrogen) atoms. The van der Waals surface area contributed by atoms with E-state index in [9.17, 15) is 14.4 Å². The molecule has 0 radical (unpaired) electrons. The van der Waals surface area contributed by atoms with E-state index in [2.05, 4.69) is 17.6 Å². The summed E-state index contributed by atoms with van der Waals surface area (Å²) in [5.74, 6) is -0.520. The fourth-order valence-electron chi connectivity index (χ4n) is 2.77. The Labute approximate surface area is 170 Å². The Hall–Kier alpha value is -2.74. The second-order valence-electron chi connectivity index (χ2n) is 6.58. The summed E-state index contributed by atoms with van der Waals surface area (Å²) in [4.78, 5) is 37.5. The molecular formula is C20H25N3O4S. The zero-order chi connectivity index (χ0) is 20.5. The van der Waals surface area contributed by atoms with Gasteiger partial charge in [-0.05, 0) is 56.1 Å². The minimum Gasteiger partial charge on any atom is -0.463 e. The molecule has 0 aliphatic carbocycles. The molecule has 2 amide bonds. The minimum atomic E-state index is -0.602. The summed E-state index contributed by atoms with van der Waals surface area (Å²) >= 11 is 5.10. The number of thiocarbonyl (C=S) groups is 1. The molecule has 0 bridgehead atoms. The molecule has 8 heteroatoms. The smallest absolute Gasteiger partial charge is 0.330 e. The number of anilines is 1. The monoisotopic (exact) mass is 403 g/mol. The lowest BCUT2D eigenvalue weighted by Crippen LogP contribution is -2.38. The van der Waals surface area contributed by atoms with Crippen LogP contribution in [0.3, 0.4) is 0 Å². The second kappa shape index (κ2) is 10.6. The summed E-state index contributed by atoms with van der Waals surface area (Å²) in [5.41, 5.74) is 1.16. The van der Waals surface area contributed by atoms with Gasteiger partial charge in [0.05, 0.1) is 6.61 Å². The third-order valence-electron chi connectivity index (χ3n) is 4.33. The number of esters is 1. The maximum Gasteiger partial charge on any atom is 0.330 e. The Morgan fingerprint density at radius 2 is 1.96 bits per heavy atom. The Bertz CT molecular complexity index is 770. The lowest BCUT2D eigenvalue weighted by Gasteiger charge is -2.30. The molecule has 0 aromatic heterocycles. The topological polar surface area (TPSA) is 87.7 Å². The summed E-state index contributed by atoms with van der Waals surface area (Å²) in [7, 11) is 0. The number of amides is 2. The van der Waals surface area contributed by atoms with Crippen LogP contribution in [0.4, 0.5) is 5.69 Å². The average molecular weight is 404 g/mol. The van der Waals surface area contributed by atoms with E-state index in [0.29, 0.717) is 17.2 Å². The Kier molecular flexibility index (Phi) is 8.13. The van der Waals surface area contributed by atoms with Crippen molar-refractivity contribution in [3.8, 4) is 0 Å². The summed E-state index contributed by atoms with van der Waals surface area (Å²) in [6.45, 7) is 5.63. The number of hydrogen-bond acceptors (Lipinski definition) is 5.